The lowest BCUT2D eigenvalue weighted by Gasteiger charge is -2.11. The minimum absolute atomic E-state index is 0.593. The van der Waals surface area contributed by atoms with Gasteiger partial charge in [-0.1, -0.05) is 146 Å². The molecular formula is C55H32N4O. The third-order valence-corrected chi connectivity index (χ3v) is 12.1. The number of benzene rings is 10. The predicted molar refractivity (Wildman–Crippen MR) is 248 cm³/mol. The van der Waals surface area contributed by atoms with E-state index in [1.54, 1.807) is 0 Å². The first kappa shape index (κ1) is 32.9. The Kier molecular flexibility index (Phi) is 6.95. The molecule has 0 aliphatic carbocycles. The summed E-state index contributed by atoms with van der Waals surface area (Å²) >= 11 is 0. The van der Waals surface area contributed by atoms with Crippen LogP contribution in [-0.2, 0) is 0 Å². The number of furan rings is 1. The van der Waals surface area contributed by atoms with Crippen molar-refractivity contribution in [2.24, 2.45) is 0 Å². The molecular weight excluding hydrogens is 733 g/mol. The second-order valence-corrected chi connectivity index (χ2v) is 15.6. The molecule has 3 heterocycles. The fourth-order valence-corrected chi connectivity index (χ4v) is 9.34. The molecule has 0 bridgehead atoms. The maximum atomic E-state index is 7.02. The van der Waals surface area contributed by atoms with Crippen molar-refractivity contribution in [1.29, 1.82) is 0 Å². The van der Waals surface area contributed by atoms with E-state index in [4.69, 9.17) is 19.4 Å². The minimum Gasteiger partial charge on any atom is -0.455 e. The van der Waals surface area contributed by atoms with Gasteiger partial charge in [0.25, 0.3) is 0 Å². The van der Waals surface area contributed by atoms with Crippen LogP contribution in [0.3, 0.4) is 0 Å². The van der Waals surface area contributed by atoms with Crippen LogP contribution in [0.15, 0.2) is 199 Å². The van der Waals surface area contributed by atoms with Crippen LogP contribution < -0.4 is 0 Å². The molecule has 13 aromatic rings. The van der Waals surface area contributed by atoms with Crippen LogP contribution in [0.1, 0.15) is 0 Å². The van der Waals surface area contributed by atoms with Crippen molar-refractivity contribution in [2.75, 3.05) is 0 Å². The molecule has 0 atom stereocenters. The SMILES string of the molecule is c1ccc(-c2nc(-c3ccc4ccccc4c3)nc(-c3cc4ccccc4c4oc5cc(-n6c7cc8ccccc8cc7c7c8ccccc8ccc76)ccc5c34)n2)cc1. The quantitative estimate of drug-likeness (QED) is 0.179. The van der Waals surface area contributed by atoms with E-state index in [9.17, 15) is 0 Å². The molecule has 0 aliphatic heterocycles. The Bertz CT molecular complexity index is 3900. The third kappa shape index (κ3) is 4.96. The van der Waals surface area contributed by atoms with Gasteiger partial charge in [-0.2, -0.15) is 0 Å². The summed E-state index contributed by atoms with van der Waals surface area (Å²) in [4.78, 5) is 15.5. The van der Waals surface area contributed by atoms with Gasteiger partial charge in [0.15, 0.2) is 17.5 Å². The average molecular weight is 765 g/mol. The molecule has 13 rings (SSSR count). The molecule has 0 aliphatic rings. The first-order valence-corrected chi connectivity index (χ1v) is 20.3. The Labute approximate surface area is 343 Å². The molecule has 60 heavy (non-hydrogen) atoms. The molecule has 10 aromatic carbocycles. The summed E-state index contributed by atoms with van der Waals surface area (Å²) in [6, 6.07) is 68.6. The van der Waals surface area contributed by atoms with Gasteiger partial charge in [0.2, 0.25) is 0 Å². The lowest BCUT2D eigenvalue weighted by atomic mass is 9.99. The lowest BCUT2D eigenvalue weighted by molar-refractivity contribution is 0.672. The summed E-state index contributed by atoms with van der Waals surface area (Å²) in [5.41, 5.74) is 7.69. The highest BCUT2D eigenvalue weighted by Crippen LogP contribution is 2.44. The molecule has 0 radical (unpaired) electrons. The predicted octanol–water partition coefficient (Wildman–Crippen LogP) is 14.5. The van der Waals surface area contributed by atoms with Gasteiger partial charge in [0.1, 0.15) is 11.2 Å². The number of rotatable bonds is 4. The lowest BCUT2D eigenvalue weighted by Crippen LogP contribution is -2.00. The van der Waals surface area contributed by atoms with Crippen LogP contribution in [0.4, 0.5) is 0 Å². The zero-order chi connectivity index (χ0) is 39.3. The zero-order valence-corrected chi connectivity index (χ0v) is 32.2. The molecule has 5 heteroatoms. The molecule has 0 saturated carbocycles. The summed E-state index contributed by atoms with van der Waals surface area (Å²) in [5, 5.41) is 13.7. The summed E-state index contributed by atoms with van der Waals surface area (Å²) in [5.74, 6) is 1.83. The topological polar surface area (TPSA) is 56.7 Å². The second-order valence-electron chi connectivity index (χ2n) is 15.6. The van der Waals surface area contributed by atoms with Crippen LogP contribution in [0, 0.1) is 0 Å². The van der Waals surface area contributed by atoms with Gasteiger partial charge in [-0.15, -0.1) is 0 Å². The summed E-state index contributed by atoms with van der Waals surface area (Å²) < 4.78 is 9.42. The Morgan fingerprint density at radius 1 is 0.350 bits per heavy atom. The maximum Gasteiger partial charge on any atom is 0.164 e. The van der Waals surface area contributed by atoms with E-state index in [2.05, 4.69) is 168 Å². The average Bonchev–Trinajstić information content (AvgIpc) is 3.86. The van der Waals surface area contributed by atoms with E-state index in [-0.39, 0.29) is 0 Å². The van der Waals surface area contributed by atoms with Gasteiger partial charge in [-0.05, 0) is 80.2 Å². The Morgan fingerprint density at radius 3 is 1.80 bits per heavy atom. The van der Waals surface area contributed by atoms with Crippen molar-refractivity contribution in [3.63, 3.8) is 0 Å². The van der Waals surface area contributed by atoms with Crippen molar-refractivity contribution >= 4 is 86.8 Å². The van der Waals surface area contributed by atoms with Gasteiger partial charge in [-0.3, -0.25) is 0 Å². The van der Waals surface area contributed by atoms with Crippen molar-refractivity contribution in [2.45, 2.75) is 0 Å². The normalized spacial score (nSPS) is 12.0. The van der Waals surface area contributed by atoms with Crippen molar-refractivity contribution in [3.8, 4) is 39.9 Å². The highest BCUT2D eigenvalue weighted by atomic mass is 16.3. The first-order chi connectivity index (χ1) is 29.7. The molecule has 0 unspecified atom stereocenters. The van der Waals surface area contributed by atoms with Gasteiger partial charge in [0, 0.05) is 55.4 Å². The van der Waals surface area contributed by atoms with E-state index in [0.29, 0.717) is 17.5 Å². The number of aromatic nitrogens is 4. The van der Waals surface area contributed by atoms with Crippen LogP contribution in [0.25, 0.3) is 127 Å². The van der Waals surface area contributed by atoms with Crippen LogP contribution >= 0.6 is 0 Å². The van der Waals surface area contributed by atoms with Gasteiger partial charge >= 0.3 is 0 Å². The maximum absolute atomic E-state index is 7.02. The molecule has 0 saturated heterocycles. The number of hydrogen-bond acceptors (Lipinski definition) is 4. The van der Waals surface area contributed by atoms with E-state index in [0.717, 1.165) is 71.5 Å². The smallest absolute Gasteiger partial charge is 0.164 e. The monoisotopic (exact) mass is 764 g/mol. The molecule has 0 amide bonds. The van der Waals surface area contributed by atoms with Crippen LogP contribution in [-0.4, -0.2) is 19.5 Å². The fourth-order valence-electron chi connectivity index (χ4n) is 9.34. The zero-order valence-electron chi connectivity index (χ0n) is 32.2. The molecule has 0 N–H and O–H groups in total. The Hall–Kier alpha value is -8.15. The van der Waals surface area contributed by atoms with Crippen molar-refractivity contribution in [1.82, 2.24) is 19.5 Å². The van der Waals surface area contributed by atoms with Crippen molar-refractivity contribution in [3.05, 3.63) is 194 Å². The van der Waals surface area contributed by atoms with Crippen molar-refractivity contribution < 1.29 is 4.42 Å². The van der Waals surface area contributed by atoms with E-state index in [1.807, 2.05) is 30.3 Å². The standard InChI is InChI=1S/C55H32N4O/c1-2-14-35(15-3-1)53-56-54(40-23-22-33-12-4-5-16-36(33)28-40)58-55(57-53)46-30-39-19-9-11-21-43(39)52-51(46)44-26-25-41(32-49(44)60-52)59-47-27-24-34-13-8-10-20-42(34)50(47)45-29-37-17-6-7-18-38(37)31-48(45)59/h1-32H. The van der Waals surface area contributed by atoms with Gasteiger partial charge in [0.05, 0.1) is 11.0 Å². The number of fused-ring (bicyclic) bond motifs is 12. The Morgan fingerprint density at radius 2 is 0.983 bits per heavy atom. The molecule has 0 spiro atoms. The van der Waals surface area contributed by atoms with E-state index >= 15 is 0 Å². The number of hydrogen-bond donors (Lipinski definition) is 0. The fraction of sp³-hybridized carbons (Fsp3) is 0. The summed E-state index contributed by atoms with van der Waals surface area (Å²) in [7, 11) is 0. The number of nitrogens with zero attached hydrogens (tertiary/aromatic N) is 4. The Balaban J connectivity index is 1.08. The molecule has 3 aromatic heterocycles. The van der Waals surface area contributed by atoms with E-state index < -0.39 is 0 Å². The largest absolute Gasteiger partial charge is 0.455 e. The minimum atomic E-state index is 0.593. The summed E-state index contributed by atoms with van der Waals surface area (Å²) in [6.45, 7) is 0. The second kappa shape index (κ2) is 12.7. The first-order valence-electron chi connectivity index (χ1n) is 20.3. The third-order valence-electron chi connectivity index (χ3n) is 12.1. The van der Waals surface area contributed by atoms with Crippen LogP contribution in [0.2, 0.25) is 0 Å². The van der Waals surface area contributed by atoms with Gasteiger partial charge < -0.3 is 8.98 Å². The summed E-state index contributed by atoms with van der Waals surface area (Å²) in [6.07, 6.45) is 0. The highest BCUT2D eigenvalue weighted by Gasteiger charge is 2.22. The molecule has 0 fully saturated rings. The molecule has 5 nitrogen and oxygen atoms in total. The molecule has 278 valence electrons. The van der Waals surface area contributed by atoms with Gasteiger partial charge in [-0.25, -0.2) is 15.0 Å². The highest BCUT2D eigenvalue weighted by molar-refractivity contribution is 6.24. The van der Waals surface area contributed by atoms with Crippen LogP contribution in [0.5, 0.6) is 0 Å². The van der Waals surface area contributed by atoms with E-state index in [1.165, 1.54) is 37.7 Å².